The fraction of sp³-hybridized carbons (Fsp3) is 0.519. The molecule has 2 aromatic rings. The second kappa shape index (κ2) is 8.83. The zero-order valence-electron chi connectivity index (χ0n) is 19.4. The van der Waals surface area contributed by atoms with Crippen LogP contribution < -0.4 is 4.74 Å². The number of carboxylic acid groups (broad SMARTS) is 1. The summed E-state index contributed by atoms with van der Waals surface area (Å²) in [5.74, 6) is -0.122. The standard InChI is InChI=1S/C27H33BrO4/c1-26(2,3)24(31-4)20-14-17(7-10-23(20)28)16-32-19-9-8-18-6-5-12-27(22(18)15-19)13-11-21(27)25(29)30/h7-10,14-15,21,24H,5-6,11-13,16H2,1-4H3,(H,29,30)/t21-,24+,27+/m1/s1. The first-order chi connectivity index (χ1) is 15.2. The molecule has 1 spiro atoms. The summed E-state index contributed by atoms with van der Waals surface area (Å²) >= 11 is 3.68. The van der Waals surface area contributed by atoms with Crippen LogP contribution in [0, 0.1) is 11.3 Å². The van der Waals surface area contributed by atoms with Crippen molar-refractivity contribution in [2.45, 2.75) is 71.0 Å². The van der Waals surface area contributed by atoms with Gasteiger partial charge in [0.2, 0.25) is 0 Å². The molecular weight excluding hydrogens is 468 g/mol. The minimum Gasteiger partial charge on any atom is -0.489 e. The normalized spacial score (nSPS) is 23.3. The molecule has 0 aliphatic heterocycles. The molecule has 1 N–H and O–H groups in total. The summed E-state index contributed by atoms with van der Waals surface area (Å²) in [6, 6.07) is 12.5. The summed E-state index contributed by atoms with van der Waals surface area (Å²) in [5, 5.41) is 9.72. The number of hydrogen-bond acceptors (Lipinski definition) is 3. The molecule has 3 atom stereocenters. The Morgan fingerprint density at radius 2 is 2.00 bits per heavy atom. The van der Waals surface area contributed by atoms with Gasteiger partial charge in [-0.2, -0.15) is 0 Å². The summed E-state index contributed by atoms with van der Waals surface area (Å²) in [4.78, 5) is 11.8. The Bertz CT molecular complexity index is 1010. The second-order valence-corrected chi connectivity index (χ2v) is 11.2. The highest BCUT2D eigenvalue weighted by atomic mass is 79.9. The van der Waals surface area contributed by atoms with Crippen molar-refractivity contribution in [3.05, 3.63) is 63.1 Å². The van der Waals surface area contributed by atoms with E-state index in [1.807, 2.05) is 6.07 Å². The van der Waals surface area contributed by atoms with E-state index in [4.69, 9.17) is 9.47 Å². The molecule has 4 rings (SSSR count). The molecule has 0 bridgehead atoms. The van der Waals surface area contributed by atoms with Gasteiger partial charge in [-0.25, -0.2) is 0 Å². The maximum atomic E-state index is 11.8. The van der Waals surface area contributed by atoms with Gasteiger partial charge in [0.05, 0.1) is 12.0 Å². The molecule has 32 heavy (non-hydrogen) atoms. The Morgan fingerprint density at radius 1 is 1.22 bits per heavy atom. The third-order valence-electron chi connectivity index (χ3n) is 7.30. The van der Waals surface area contributed by atoms with Crippen molar-refractivity contribution < 1.29 is 19.4 Å². The maximum absolute atomic E-state index is 11.8. The fourth-order valence-electron chi connectivity index (χ4n) is 5.67. The average molecular weight is 501 g/mol. The summed E-state index contributed by atoms with van der Waals surface area (Å²) < 4.78 is 13.1. The number of carboxylic acids is 1. The first kappa shape index (κ1) is 23.3. The molecule has 1 fully saturated rings. The number of hydrogen-bond donors (Lipinski definition) is 1. The van der Waals surface area contributed by atoms with E-state index in [1.165, 1.54) is 11.1 Å². The van der Waals surface area contributed by atoms with Crippen LogP contribution in [0.15, 0.2) is 40.9 Å². The van der Waals surface area contributed by atoms with Gasteiger partial charge in [-0.15, -0.1) is 0 Å². The van der Waals surface area contributed by atoms with E-state index in [2.05, 4.69) is 67.0 Å². The molecule has 0 radical (unpaired) electrons. The van der Waals surface area contributed by atoms with Crippen LogP contribution in [0.4, 0.5) is 0 Å². The molecule has 2 aliphatic rings. The molecule has 5 heteroatoms. The Kier molecular flexibility index (Phi) is 6.43. The SMILES string of the molecule is CO[C@@H](c1cc(COc2ccc3c(c2)[C@@]2(CCC3)CC[C@@H]2C(=O)O)ccc1Br)C(C)(C)C. The van der Waals surface area contributed by atoms with E-state index in [1.54, 1.807) is 7.11 Å². The fourth-order valence-corrected chi connectivity index (χ4v) is 6.13. The molecule has 0 amide bonds. The lowest BCUT2D eigenvalue weighted by atomic mass is 9.52. The Balaban J connectivity index is 1.56. The number of carbonyl (C=O) groups is 1. The third-order valence-corrected chi connectivity index (χ3v) is 8.02. The molecule has 1 saturated carbocycles. The molecule has 172 valence electrons. The molecule has 2 aromatic carbocycles. The highest BCUT2D eigenvalue weighted by Crippen LogP contribution is 2.55. The van der Waals surface area contributed by atoms with Crippen LogP contribution in [0.1, 0.15) is 74.8 Å². The number of methoxy groups -OCH3 is 1. The summed E-state index contributed by atoms with van der Waals surface area (Å²) in [7, 11) is 1.75. The number of fused-ring (bicyclic) bond motifs is 2. The predicted molar refractivity (Wildman–Crippen MR) is 129 cm³/mol. The van der Waals surface area contributed by atoms with E-state index < -0.39 is 5.97 Å². The van der Waals surface area contributed by atoms with Crippen LogP contribution >= 0.6 is 15.9 Å². The van der Waals surface area contributed by atoms with E-state index in [0.29, 0.717) is 6.61 Å². The number of halogens is 1. The van der Waals surface area contributed by atoms with Crippen molar-refractivity contribution in [2.24, 2.45) is 11.3 Å². The lowest BCUT2D eigenvalue weighted by Crippen LogP contribution is -2.50. The molecule has 0 saturated heterocycles. The Labute approximate surface area is 199 Å². The van der Waals surface area contributed by atoms with Gasteiger partial charge in [0.25, 0.3) is 0 Å². The van der Waals surface area contributed by atoms with Crippen LogP contribution in [0.25, 0.3) is 0 Å². The number of rotatable bonds is 6. The smallest absolute Gasteiger partial charge is 0.307 e. The molecule has 0 aromatic heterocycles. The highest BCUT2D eigenvalue weighted by molar-refractivity contribution is 9.10. The predicted octanol–water partition coefficient (Wildman–Crippen LogP) is 6.83. The summed E-state index contributed by atoms with van der Waals surface area (Å²) in [5.41, 5.74) is 4.44. The molecule has 2 aliphatic carbocycles. The molecule has 0 heterocycles. The van der Waals surface area contributed by atoms with Crippen LogP contribution in [-0.4, -0.2) is 18.2 Å². The topological polar surface area (TPSA) is 55.8 Å². The van der Waals surface area contributed by atoms with Gasteiger partial charge in [-0.1, -0.05) is 48.8 Å². The van der Waals surface area contributed by atoms with Gasteiger partial charge < -0.3 is 14.6 Å². The van der Waals surface area contributed by atoms with Gasteiger partial charge in [0.15, 0.2) is 0 Å². The molecule has 4 nitrogen and oxygen atoms in total. The zero-order chi connectivity index (χ0) is 23.1. The molecule has 0 unspecified atom stereocenters. The van der Waals surface area contributed by atoms with Crippen molar-refractivity contribution in [1.82, 2.24) is 0 Å². The average Bonchev–Trinajstić information content (AvgIpc) is 2.71. The number of aryl methyl sites for hydroxylation is 1. The minimum absolute atomic E-state index is 0.0347. The summed E-state index contributed by atoms with van der Waals surface area (Å²) in [6.07, 6.45) is 4.74. The lowest BCUT2D eigenvalue weighted by molar-refractivity contribution is -0.150. The van der Waals surface area contributed by atoms with Gasteiger partial charge in [-0.3, -0.25) is 4.79 Å². The number of aliphatic carboxylic acids is 1. The second-order valence-electron chi connectivity index (χ2n) is 10.4. The lowest BCUT2D eigenvalue weighted by Gasteiger charge is -2.51. The quantitative estimate of drug-likeness (QED) is 0.472. The zero-order valence-corrected chi connectivity index (χ0v) is 21.0. The van der Waals surface area contributed by atoms with Crippen LogP contribution in [0.3, 0.4) is 0 Å². The van der Waals surface area contributed by atoms with Crippen molar-refractivity contribution in [3.8, 4) is 5.75 Å². The first-order valence-corrected chi connectivity index (χ1v) is 12.2. The highest BCUT2D eigenvalue weighted by Gasteiger charge is 2.53. The Morgan fingerprint density at radius 3 is 2.62 bits per heavy atom. The van der Waals surface area contributed by atoms with Crippen molar-refractivity contribution >= 4 is 21.9 Å². The van der Waals surface area contributed by atoms with Gasteiger partial charge in [0.1, 0.15) is 12.4 Å². The van der Waals surface area contributed by atoms with Crippen LogP contribution in [0.2, 0.25) is 0 Å². The molecular formula is C27H33BrO4. The van der Waals surface area contributed by atoms with Gasteiger partial charge in [-0.05, 0) is 84.0 Å². The van der Waals surface area contributed by atoms with E-state index in [0.717, 1.165) is 53.5 Å². The number of benzene rings is 2. The monoisotopic (exact) mass is 500 g/mol. The largest absolute Gasteiger partial charge is 0.489 e. The van der Waals surface area contributed by atoms with Crippen molar-refractivity contribution in [1.29, 1.82) is 0 Å². The van der Waals surface area contributed by atoms with E-state index in [-0.39, 0.29) is 22.9 Å². The van der Waals surface area contributed by atoms with E-state index >= 15 is 0 Å². The summed E-state index contributed by atoms with van der Waals surface area (Å²) in [6.45, 7) is 6.97. The van der Waals surface area contributed by atoms with Gasteiger partial charge in [0, 0.05) is 17.0 Å². The van der Waals surface area contributed by atoms with Crippen molar-refractivity contribution in [3.63, 3.8) is 0 Å². The number of ether oxygens (including phenoxy) is 2. The van der Waals surface area contributed by atoms with Gasteiger partial charge >= 0.3 is 5.97 Å². The van der Waals surface area contributed by atoms with Crippen molar-refractivity contribution in [2.75, 3.05) is 7.11 Å². The maximum Gasteiger partial charge on any atom is 0.307 e. The Hall–Kier alpha value is -1.85. The minimum atomic E-state index is -0.663. The third kappa shape index (κ3) is 4.22. The van der Waals surface area contributed by atoms with Crippen LogP contribution in [-0.2, 0) is 28.0 Å². The van der Waals surface area contributed by atoms with Crippen LogP contribution in [0.5, 0.6) is 5.75 Å². The first-order valence-electron chi connectivity index (χ1n) is 11.5. The van der Waals surface area contributed by atoms with E-state index in [9.17, 15) is 9.90 Å².